The van der Waals surface area contributed by atoms with E-state index < -0.39 is 5.41 Å². The fourth-order valence-electron chi connectivity index (χ4n) is 11.5. The van der Waals surface area contributed by atoms with Crippen LogP contribution in [0.25, 0.3) is 77.5 Å². The van der Waals surface area contributed by atoms with Crippen LogP contribution in [-0.2, 0) is 5.41 Å². The zero-order valence-electron chi connectivity index (χ0n) is 39.7. The van der Waals surface area contributed by atoms with Gasteiger partial charge in [0.15, 0.2) is 0 Å². The van der Waals surface area contributed by atoms with Crippen LogP contribution < -0.4 is 4.90 Å². The quantitative estimate of drug-likeness (QED) is 0.132. The smallest absolute Gasteiger partial charge is 0.0714 e. The third-order valence-electron chi connectivity index (χ3n) is 14.7. The highest BCUT2D eigenvalue weighted by Gasteiger charge is 2.47. The number of nitrogens with zero attached hydrogens (tertiary/aromatic N) is 1. The predicted molar refractivity (Wildman–Crippen MR) is 303 cm³/mol. The van der Waals surface area contributed by atoms with E-state index in [1.807, 2.05) is 0 Å². The van der Waals surface area contributed by atoms with Gasteiger partial charge in [0.05, 0.1) is 16.8 Å². The highest BCUT2D eigenvalue weighted by Crippen LogP contribution is 2.60. The zero-order valence-corrected chi connectivity index (χ0v) is 39.7. The Morgan fingerprint density at radius 3 is 1.32 bits per heavy atom. The van der Waals surface area contributed by atoms with E-state index in [2.05, 4.69) is 302 Å². The van der Waals surface area contributed by atoms with Gasteiger partial charge in [-0.3, -0.25) is 0 Å². The summed E-state index contributed by atoms with van der Waals surface area (Å²) in [6, 6.07) is 109. The fourth-order valence-corrected chi connectivity index (χ4v) is 11.5. The van der Waals surface area contributed by atoms with Crippen LogP contribution in [0.4, 0.5) is 17.1 Å². The highest BCUT2D eigenvalue weighted by atomic mass is 15.1. The van der Waals surface area contributed by atoms with Gasteiger partial charge in [-0.2, -0.15) is 0 Å². The average Bonchev–Trinajstić information content (AvgIpc) is 3.78. The first-order valence-electron chi connectivity index (χ1n) is 24.9. The van der Waals surface area contributed by atoms with Gasteiger partial charge < -0.3 is 4.90 Å². The van der Waals surface area contributed by atoms with Gasteiger partial charge >= 0.3 is 0 Å². The molecule has 0 fully saturated rings. The summed E-state index contributed by atoms with van der Waals surface area (Å²) >= 11 is 0. The predicted octanol–water partition coefficient (Wildman–Crippen LogP) is 19.0. The van der Waals surface area contributed by atoms with E-state index in [9.17, 15) is 0 Å². The van der Waals surface area contributed by atoms with Crippen molar-refractivity contribution in [3.63, 3.8) is 0 Å². The van der Waals surface area contributed by atoms with Gasteiger partial charge in [0, 0.05) is 16.8 Å². The van der Waals surface area contributed by atoms with E-state index in [1.54, 1.807) is 0 Å². The van der Waals surface area contributed by atoms with Crippen molar-refractivity contribution in [2.75, 3.05) is 4.90 Å². The molecule has 0 bridgehead atoms. The molecule has 13 rings (SSSR count). The van der Waals surface area contributed by atoms with Crippen molar-refractivity contribution in [3.05, 3.63) is 320 Å². The fraction of sp³-hybridized carbons (Fsp3) is 0.0141. The van der Waals surface area contributed by atoms with Crippen molar-refractivity contribution in [2.45, 2.75) is 5.41 Å². The van der Waals surface area contributed by atoms with Gasteiger partial charge in [-0.1, -0.05) is 249 Å². The normalized spacial score (nSPS) is 12.3. The minimum Gasteiger partial charge on any atom is -0.309 e. The van der Waals surface area contributed by atoms with Crippen molar-refractivity contribution in [3.8, 4) is 66.8 Å². The number of hydrogen-bond acceptors (Lipinski definition) is 1. The number of fused-ring (bicyclic) bond motifs is 4. The van der Waals surface area contributed by atoms with Crippen LogP contribution >= 0.6 is 0 Å². The molecule has 338 valence electrons. The molecule has 1 heteroatoms. The number of anilines is 3. The summed E-state index contributed by atoms with van der Waals surface area (Å²) in [5.41, 5.74) is 22.0. The van der Waals surface area contributed by atoms with Crippen molar-refractivity contribution >= 4 is 27.8 Å². The van der Waals surface area contributed by atoms with E-state index in [-0.39, 0.29) is 0 Å². The Hall–Kier alpha value is -9.30. The molecule has 0 spiro atoms. The van der Waals surface area contributed by atoms with Crippen LogP contribution in [0.1, 0.15) is 22.3 Å². The van der Waals surface area contributed by atoms with Gasteiger partial charge in [0.2, 0.25) is 0 Å². The maximum absolute atomic E-state index is 2.52. The maximum Gasteiger partial charge on any atom is 0.0714 e. The zero-order chi connectivity index (χ0) is 47.8. The van der Waals surface area contributed by atoms with Gasteiger partial charge in [0.1, 0.15) is 0 Å². The summed E-state index contributed by atoms with van der Waals surface area (Å²) in [4.78, 5) is 2.52. The molecule has 0 heterocycles. The number of hydrogen-bond donors (Lipinski definition) is 0. The van der Waals surface area contributed by atoms with Crippen LogP contribution in [-0.4, -0.2) is 0 Å². The monoisotopic (exact) mass is 915 g/mol. The summed E-state index contributed by atoms with van der Waals surface area (Å²) in [7, 11) is 0. The van der Waals surface area contributed by atoms with Crippen molar-refractivity contribution in [2.24, 2.45) is 0 Å². The molecule has 72 heavy (non-hydrogen) atoms. The van der Waals surface area contributed by atoms with E-state index in [1.165, 1.54) is 83.1 Å². The van der Waals surface area contributed by atoms with E-state index >= 15 is 0 Å². The standard InChI is InChI=1S/C71H49N/c1-5-22-50(23-6-1)56-47-57(51-24-7-2-8-25-51)49-58(48-56)52-42-44-61(45-43-52)72(68-40-18-16-35-64(68)55-29-19-28-54(46-55)63-37-20-27-53-26-13-14-34-62(53)63)69-41-21-39-67-70(69)65-36-15-17-38-66(65)71(67,59-30-9-3-10-31-59)60-32-11-4-12-33-60/h1-49H. The second kappa shape index (κ2) is 18.2. The third kappa shape index (κ3) is 7.34. The lowest BCUT2D eigenvalue weighted by atomic mass is 9.68. The molecular weight excluding hydrogens is 867 g/mol. The molecule has 0 amide bonds. The molecule has 1 aliphatic carbocycles. The lowest BCUT2D eigenvalue weighted by molar-refractivity contribution is 0.768. The van der Waals surface area contributed by atoms with Gasteiger partial charge in [-0.05, 0) is 137 Å². The summed E-state index contributed by atoms with van der Waals surface area (Å²) in [6.07, 6.45) is 0. The third-order valence-corrected chi connectivity index (χ3v) is 14.7. The number of para-hydroxylation sites is 1. The summed E-state index contributed by atoms with van der Waals surface area (Å²) in [5.74, 6) is 0. The molecule has 1 aliphatic rings. The lowest BCUT2D eigenvalue weighted by Gasteiger charge is -2.34. The Bertz CT molecular complexity index is 3790. The van der Waals surface area contributed by atoms with Crippen LogP contribution in [0, 0.1) is 0 Å². The molecule has 0 radical (unpaired) electrons. The van der Waals surface area contributed by atoms with Gasteiger partial charge in [-0.25, -0.2) is 0 Å². The average molecular weight is 916 g/mol. The Morgan fingerprint density at radius 2 is 0.667 bits per heavy atom. The summed E-state index contributed by atoms with van der Waals surface area (Å²) < 4.78 is 0. The Balaban J connectivity index is 1.03. The van der Waals surface area contributed by atoms with Gasteiger partial charge in [0.25, 0.3) is 0 Å². The molecule has 0 saturated heterocycles. The van der Waals surface area contributed by atoms with E-state index in [4.69, 9.17) is 0 Å². The SMILES string of the molecule is c1ccc(-c2cc(-c3ccccc3)cc(-c3ccc(N(c4ccccc4-c4cccc(-c5cccc6ccccc56)c4)c4cccc5c4-c4ccccc4C5(c4ccccc4)c4ccccc4)cc3)c2)cc1. The minimum atomic E-state index is -0.549. The molecule has 1 nitrogen and oxygen atoms in total. The Labute approximate surface area is 422 Å². The minimum absolute atomic E-state index is 0.549. The number of rotatable bonds is 10. The number of benzene rings is 12. The molecule has 0 aliphatic heterocycles. The van der Waals surface area contributed by atoms with Crippen molar-refractivity contribution in [1.29, 1.82) is 0 Å². The van der Waals surface area contributed by atoms with E-state index in [0.717, 1.165) is 33.8 Å². The first-order valence-corrected chi connectivity index (χ1v) is 24.9. The molecule has 0 atom stereocenters. The molecule has 0 saturated carbocycles. The van der Waals surface area contributed by atoms with Crippen LogP contribution in [0.15, 0.2) is 297 Å². The summed E-state index contributed by atoms with van der Waals surface area (Å²) in [5, 5.41) is 2.48. The Morgan fingerprint density at radius 1 is 0.250 bits per heavy atom. The van der Waals surface area contributed by atoms with Crippen molar-refractivity contribution < 1.29 is 0 Å². The van der Waals surface area contributed by atoms with Crippen LogP contribution in [0.2, 0.25) is 0 Å². The topological polar surface area (TPSA) is 3.24 Å². The molecule has 0 N–H and O–H groups in total. The van der Waals surface area contributed by atoms with E-state index in [0.29, 0.717) is 0 Å². The molecular formula is C71H49N. The lowest BCUT2D eigenvalue weighted by Crippen LogP contribution is -2.28. The van der Waals surface area contributed by atoms with Crippen LogP contribution in [0.5, 0.6) is 0 Å². The second-order valence-corrected chi connectivity index (χ2v) is 18.8. The second-order valence-electron chi connectivity index (χ2n) is 18.8. The molecule has 0 aromatic heterocycles. The molecule has 12 aromatic rings. The highest BCUT2D eigenvalue weighted by molar-refractivity contribution is 6.01. The molecule has 12 aromatic carbocycles. The van der Waals surface area contributed by atoms with Crippen molar-refractivity contribution in [1.82, 2.24) is 0 Å². The van der Waals surface area contributed by atoms with Gasteiger partial charge in [-0.15, -0.1) is 0 Å². The maximum atomic E-state index is 2.52. The van der Waals surface area contributed by atoms with Crippen LogP contribution in [0.3, 0.4) is 0 Å². The Kier molecular flexibility index (Phi) is 10.8. The first kappa shape index (κ1) is 42.8. The largest absolute Gasteiger partial charge is 0.309 e. The summed E-state index contributed by atoms with van der Waals surface area (Å²) in [6.45, 7) is 0. The first-order chi connectivity index (χ1) is 35.7. The molecule has 0 unspecified atom stereocenters.